The van der Waals surface area contributed by atoms with Gasteiger partial charge in [-0.2, -0.15) is 0 Å². The summed E-state index contributed by atoms with van der Waals surface area (Å²) in [6.07, 6.45) is 1.31. The summed E-state index contributed by atoms with van der Waals surface area (Å²) < 4.78 is 15.0. The summed E-state index contributed by atoms with van der Waals surface area (Å²) in [7, 11) is 1.73. The van der Waals surface area contributed by atoms with E-state index < -0.39 is 0 Å². The van der Waals surface area contributed by atoms with Gasteiger partial charge < -0.3 is 9.47 Å². The van der Waals surface area contributed by atoms with Gasteiger partial charge in [0.05, 0.1) is 7.14 Å². The van der Waals surface area contributed by atoms with Crippen LogP contribution in [-0.4, -0.2) is 24.1 Å². The lowest BCUT2D eigenvalue weighted by Gasteiger charge is -2.40. The Morgan fingerprint density at radius 1 is 1.24 bits per heavy atom. The average molecular weight is 635 g/mol. The van der Waals surface area contributed by atoms with Gasteiger partial charge in [-0.3, -0.25) is 0 Å². The molecule has 1 aliphatic carbocycles. The van der Waals surface area contributed by atoms with Gasteiger partial charge in [0.2, 0.25) is 0 Å². The van der Waals surface area contributed by atoms with Crippen LogP contribution in [0, 0.1) is 10.7 Å². The Kier molecular flexibility index (Phi) is 5.66. The first-order chi connectivity index (χ1) is 8.02. The van der Waals surface area contributed by atoms with Gasteiger partial charge in [0, 0.05) is 21.9 Å². The zero-order valence-corrected chi connectivity index (χ0v) is 17.0. The number of ether oxygens (including phenoxy) is 2. The molecule has 0 spiro atoms. The molecule has 0 amide bonds. The predicted molar refractivity (Wildman–Crippen MR) is 97.1 cm³/mol. The third-order valence-corrected chi connectivity index (χ3v) is 5.81. The van der Waals surface area contributed by atoms with Crippen LogP contribution < -0.4 is 4.74 Å². The molecule has 0 heterocycles. The first kappa shape index (κ1) is 15.0. The van der Waals surface area contributed by atoms with Crippen LogP contribution in [0.15, 0.2) is 12.1 Å². The second-order valence-electron chi connectivity index (χ2n) is 3.81. The van der Waals surface area contributed by atoms with E-state index in [4.69, 9.17) is 9.47 Å². The fraction of sp³-hybridized carbons (Fsp3) is 0.455. The van der Waals surface area contributed by atoms with Crippen molar-refractivity contribution in [1.82, 2.24) is 0 Å². The largest absolute Gasteiger partial charge is 0.485 e. The lowest BCUT2D eigenvalue weighted by atomic mass is 9.91. The van der Waals surface area contributed by atoms with Crippen molar-refractivity contribution in [2.75, 3.05) is 7.11 Å². The van der Waals surface area contributed by atoms with Crippen LogP contribution in [0.5, 0.6) is 5.75 Å². The molecule has 2 rings (SSSR count). The highest BCUT2D eigenvalue weighted by Gasteiger charge is 2.42. The van der Waals surface area contributed by atoms with Crippen molar-refractivity contribution in [1.29, 1.82) is 0 Å². The van der Waals surface area contributed by atoms with Crippen LogP contribution in [-0.2, 0) is 4.74 Å². The minimum absolute atomic E-state index is 0.154. The molecule has 3 atom stereocenters. The zero-order chi connectivity index (χ0) is 12.6. The lowest BCUT2D eigenvalue weighted by molar-refractivity contribution is -0.0551. The Hall–Kier alpha value is 1.65. The van der Waals surface area contributed by atoms with E-state index in [-0.39, 0.29) is 12.2 Å². The molecule has 0 radical (unpaired) electrons. The number of hydrogen-bond acceptors (Lipinski definition) is 2. The molecule has 2 nitrogen and oxygen atoms in total. The van der Waals surface area contributed by atoms with E-state index in [0.717, 1.165) is 19.3 Å². The maximum absolute atomic E-state index is 6.07. The van der Waals surface area contributed by atoms with E-state index in [1.165, 1.54) is 3.57 Å². The summed E-state index contributed by atoms with van der Waals surface area (Å²) in [4.78, 5) is 0.414. The van der Waals surface area contributed by atoms with Crippen LogP contribution in [0.1, 0.15) is 6.42 Å². The van der Waals surface area contributed by atoms with Crippen molar-refractivity contribution in [3.63, 3.8) is 0 Å². The monoisotopic (exact) mass is 634 g/mol. The summed E-state index contributed by atoms with van der Waals surface area (Å²) in [6, 6.07) is 4.26. The predicted octanol–water partition coefficient (Wildman–Crippen LogP) is 4.43. The molecule has 0 saturated heterocycles. The molecule has 0 N–H and O–H groups in total. The molecule has 0 aliphatic heterocycles. The molecule has 1 fully saturated rings. The number of rotatable bonds is 3. The molecular formula is C11H10BrI3O2. The lowest BCUT2D eigenvalue weighted by Crippen LogP contribution is -2.52. The summed E-state index contributed by atoms with van der Waals surface area (Å²) in [5, 5.41) is 0. The summed E-state index contributed by atoms with van der Waals surface area (Å²) >= 11 is 10.5. The van der Waals surface area contributed by atoms with E-state index in [9.17, 15) is 0 Å². The van der Waals surface area contributed by atoms with Crippen LogP contribution >= 0.6 is 83.7 Å². The van der Waals surface area contributed by atoms with Crippen molar-refractivity contribution >= 4 is 83.7 Å². The van der Waals surface area contributed by atoms with Gasteiger partial charge >= 0.3 is 0 Å². The van der Waals surface area contributed by atoms with Crippen molar-refractivity contribution < 1.29 is 9.47 Å². The molecule has 3 unspecified atom stereocenters. The number of methoxy groups -OCH3 is 1. The highest BCUT2D eigenvalue weighted by molar-refractivity contribution is 14.1. The quantitative estimate of drug-likeness (QED) is 0.362. The van der Waals surface area contributed by atoms with Gasteiger partial charge in [-0.05, 0) is 79.9 Å². The minimum atomic E-state index is 0.154. The van der Waals surface area contributed by atoms with E-state index in [1.807, 2.05) is 0 Å². The normalized spacial score (nSPS) is 27.7. The molecule has 6 heteroatoms. The van der Waals surface area contributed by atoms with Crippen LogP contribution in [0.4, 0.5) is 0 Å². The molecular weight excluding hydrogens is 625 g/mol. The fourth-order valence-corrected chi connectivity index (χ4v) is 6.50. The highest BCUT2D eigenvalue weighted by Crippen LogP contribution is 2.37. The summed E-state index contributed by atoms with van der Waals surface area (Å²) in [5.74, 6) is 0.984. The highest BCUT2D eigenvalue weighted by atomic mass is 127. The fourth-order valence-electron chi connectivity index (χ4n) is 1.73. The smallest absolute Gasteiger partial charge is 0.146 e. The number of benzene rings is 1. The zero-order valence-electron chi connectivity index (χ0n) is 8.92. The maximum atomic E-state index is 6.07. The maximum Gasteiger partial charge on any atom is 0.146 e. The van der Waals surface area contributed by atoms with Crippen LogP contribution in [0.3, 0.4) is 0 Å². The molecule has 1 aliphatic rings. The minimum Gasteiger partial charge on any atom is -0.485 e. The van der Waals surface area contributed by atoms with Gasteiger partial charge in [-0.15, -0.1) is 0 Å². The van der Waals surface area contributed by atoms with Crippen molar-refractivity contribution in [3.05, 3.63) is 22.8 Å². The second-order valence-corrected chi connectivity index (χ2v) is 8.55. The second kappa shape index (κ2) is 6.40. The first-order valence-electron chi connectivity index (χ1n) is 5.01. The van der Waals surface area contributed by atoms with E-state index in [1.54, 1.807) is 7.11 Å². The molecule has 94 valence electrons. The molecule has 0 aromatic heterocycles. The van der Waals surface area contributed by atoms with Crippen LogP contribution in [0.25, 0.3) is 0 Å². The van der Waals surface area contributed by atoms with E-state index in [2.05, 4.69) is 95.8 Å². The topological polar surface area (TPSA) is 18.5 Å². The van der Waals surface area contributed by atoms with E-state index >= 15 is 0 Å². The summed E-state index contributed by atoms with van der Waals surface area (Å²) in [5.41, 5.74) is 0. The third kappa shape index (κ3) is 3.40. The Morgan fingerprint density at radius 3 is 2.29 bits per heavy atom. The van der Waals surface area contributed by atoms with Gasteiger partial charge in [-0.1, -0.05) is 15.9 Å². The van der Waals surface area contributed by atoms with Crippen molar-refractivity contribution in [2.45, 2.75) is 23.5 Å². The molecule has 1 saturated carbocycles. The molecule has 0 bridgehead atoms. The standard InChI is InChI=1S/C11H10BrI3O2/c1-16-10-6(12)4-9(10)17-11-7(14)2-5(13)3-8(11)15/h2-3,6,9-10H,4H2,1H3. The Balaban J connectivity index is 2.14. The molecule has 17 heavy (non-hydrogen) atoms. The van der Waals surface area contributed by atoms with Gasteiger partial charge in [-0.25, -0.2) is 0 Å². The van der Waals surface area contributed by atoms with E-state index in [0.29, 0.717) is 4.83 Å². The number of alkyl halides is 1. The Morgan fingerprint density at radius 2 is 1.82 bits per heavy atom. The van der Waals surface area contributed by atoms with Gasteiger partial charge in [0.1, 0.15) is 18.0 Å². The summed E-state index contributed by atoms with van der Waals surface area (Å²) in [6.45, 7) is 0. The Bertz CT molecular complexity index is 404. The Labute approximate surface area is 150 Å². The van der Waals surface area contributed by atoms with Crippen molar-refractivity contribution in [3.8, 4) is 5.75 Å². The van der Waals surface area contributed by atoms with Crippen molar-refractivity contribution in [2.24, 2.45) is 0 Å². The molecule has 1 aromatic rings. The average Bonchev–Trinajstić information content (AvgIpc) is 2.21. The number of halogens is 4. The number of hydrogen-bond donors (Lipinski definition) is 0. The van der Waals surface area contributed by atoms with Gasteiger partial charge in [0.25, 0.3) is 0 Å². The SMILES string of the molecule is COC1C(Br)CC1Oc1c(I)cc(I)cc1I. The van der Waals surface area contributed by atoms with Gasteiger partial charge in [0.15, 0.2) is 0 Å². The molecule has 1 aromatic carbocycles. The first-order valence-corrected chi connectivity index (χ1v) is 9.16. The van der Waals surface area contributed by atoms with Crippen LogP contribution in [0.2, 0.25) is 0 Å². The third-order valence-electron chi connectivity index (χ3n) is 2.68.